The second-order valence-electron chi connectivity index (χ2n) is 5.09. The van der Waals surface area contributed by atoms with E-state index in [0.717, 1.165) is 11.3 Å². The van der Waals surface area contributed by atoms with Gasteiger partial charge in [-0.25, -0.2) is 4.79 Å². The Morgan fingerprint density at radius 2 is 1.26 bits per heavy atom. The third kappa shape index (κ3) is 3.98. The third-order valence-corrected chi connectivity index (χ3v) is 3.42. The number of carbonyl (C=O) groups is 1. The highest BCUT2D eigenvalue weighted by molar-refractivity contribution is 5.89. The summed E-state index contributed by atoms with van der Waals surface area (Å²) in [4.78, 5) is 14.2. The standard InChI is InChI=1S/C20H17NO2/c22-20(23-19-14-8-3-9-15-19)21(18-12-6-2-7-13-18)16-17-10-4-1-5-11-17/h1-15H,16H2. The zero-order valence-corrected chi connectivity index (χ0v) is 12.6. The van der Waals surface area contributed by atoms with Gasteiger partial charge >= 0.3 is 6.09 Å². The summed E-state index contributed by atoms with van der Waals surface area (Å²) in [7, 11) is 0. The molecule has 3 aromatic carbocycles. The van der Waals surface area contributed by atoms with Crippen LogP contribution in [0.4, 0.5) is 10.5 Å². The minimum absolute atomic E-state index is 0.397. The average Bonchev–Trinajstić information content (AvgIpc) is 2.62. The molecule has 3 heteroatoms. The summed E-state index contributed by atoms with van der Waals surface area (Å²) in [6.45, 7) is 0.455. The van der Waals surface area contributed by atoms with E-state index < -0.39 is 6.09 Å². The smallest absolute Gasteiger partial charge is 0.410 e. The molecule has 0 aromatic heterocycles. The van der Waals surface area contributed by atoms with E-state index in [2.05, 4.69) is 0 Å². The number of anilines is 1. The molecule has 0 saturated heterocycles. The molecule has 0 aliphatic carbocycles. The van der Waals surface area contributed by atoms with E-state index in [1.165, 1.54) is 0 Å². The number of carbonyl (C=O) groups excluding carboxylic acids is 1. The van der Waals surface area contributed by atoms with Crippen LogP contribution >= 0.6 is 0 Å². The number of para-hydroxylation sites is 2. The third-order valence-electron chi connectivity index (χ3n) is 3.42. The van der Waals surface area contributed by atoms with Crippen LogP contribution in [-0.2, 0) is 6.54 Å². The largest absolute Gasteiger partial charge is 0.420 e. The van der Waals surface area contributed by atoms with Gasteiger partial charge < -0.3 is 4.74 Å². The van der Waals surface area contributed by atoms with Crippen molar-refractivity contribution in [2.45, 2.75) is 6.54 Å². The van der Waals surface area contributed by atoms with Gasteiger partial charge in [-0.3, -0.25) is 4.90 Å². The number of benzene rings is 3. The molecule has 0 atom stereocenters. The predicted molar refractivity (Wildman–Crippen MR) is 91.5 cm³/mol. The molecule has 0 N–H and O–H groups in total. The Bertz CT molecular complexity index is 742. The molecule has 0 unspecified atom stereocenters. The lowest BCUT2D eigenvalue weighted by Crippen LogP contribution is -2.33. The molecule has 3 aromatic rings. The fourth-order valence-electron chi connectivity index (χ4n) is 2.28. The van der Waals surface area contributed by atoms with Crippen molar-refractivity contribution in [3.63, 3.8) is 0 Å². The summed E-state index contributed by atoms with van der Waals surface area (Å²) in [6.07, 6.45) is -0.397. The van der Waals surface area contributed by atoms with Gasteiger partial charge in [-0.15, -0.1) is 0 Å². The molecule has 0 fully saturated rings. The molecule has 0 aliphatic heterocycles. The first-order valence-corrected chi connectivity index (χ1v) is 7.46. The van der Waals surface area contributed by atoms with E-state index in [4.69, 9.17) is 4.74 Å². The van der Waals surface area contributed by atoms with Gasteiger partial charge in [0.2, 0.25) is 0 Å². The maximum Gasteiger partial charge on any atom is 0.420 e. The Morgan fingerprint density at radius 3 is 1.87 bits per heavy atom. The average molecular weight is 303 g/mol. The fourth-order valence-corrected chi connectivity index (χ4v) is 2.28. The van der Waals surface area contributed by atoms with Crippen molar-refractivity contribution in [1.82, 2.24) is 0 Å². The first-order valence-electron chi connectivity index (χ1n) is 7.46. The van der Waals surface area contributed by atoms with Crippen LogP contribution in [0.5, 0.6) is 5.75 Å². The molecular weight excluding hydrogens is 286 g/mol. The van der Waals surface area contributed by atoms with Crippen LogP contribution in [0.2, 0.25) is 0 Å². The Morgan fingerprint density at radius 1 is 0.739 bits per heavy atom. The Kier molecular flexibility index (Phi) is 4.69. The van der Waals surface area contributed by atoms with Gasteiger partial charge in [0.1, 0.15) is 5.75 Å². The minimum Gasteiger partial charge on any atom is -0.410 e. The number of nitrogens with zero attached hydrogens (tertiary/aromatic N) is 1. The fraction of sp³-hybridized carbons (Fsp3) is 0.0500. The highest BCUT2D eigenvalue weighted by Crippen LogP contribution is 2.19. The number of hydrogen-bond acceptors (Lipinski definition) is 2. The van der Waals surface area contributed by atoms with Crippen molar-refractivity contribution in [2.24, 2.45) is 0 Å². The molecule has 3 rings (SSSR count). The number of rotatable bonds is 4. The molecule has 23 heavy (non-hydrogen) atoms. The second kappa shape index (κ2) is 7.27. The molecular formula is C20H17NO2. The van der Waals surface area contributed by atoms with Crippen molar-refractivity contribution in [2.75, 3.05) is 4.90 Å². The van der Waals surface area contributed by atoms with E-state index in [-0.39, 0.29) is 0 Å². The zero-order valence-electron chi connectivity index (χ0n) is 12.6. The summed E-state index contributed by atoms with van der Waals surface area (Å²) < 4.78 is 5.49. The summed E-state index contributed by atoms with van der Waals surface area (Å²) in [5, 5.41) is 0. The lowest BCUT2D eigenvalue weighted by molar-refractivity contribution is 0.207. The van der Waals surface area contributed by atoms with Gasteiger partial charge in [0, 0.05) is 5.69 Å². The van der Waals surface area contributed by atoms with Gasteiger partial charge in [-0.2, -0.15) is 0 Å². The van der Waals surface area contributed by atoms with Gasteiger partial charge in [-0.1, -0.05) is 66.7 Å². The van der Waals surface area contributed by atoms with Crippen molar-refractivity contribution >= 4 is 11.8 Å². The van der Waals surface area contributed by atoms with Gasteiger partial charge in [-0.05, 0) is 29.8 Å². The van der Waals surface area contributed by atoms with Gasteiger partial charge in [0.15, 0.2) is 0 Å². The maximum absolute atomic E-state index is 12.6. The number of amides is 1. The lowest BCUT2D eigenvalue weighted by atomic mass is 10.2. The Labute approximate surface area is 135 Å². The molecule has 114 valence electrons. The maximum atomic E-state index is 12.6. The monoisotopic (exact) mass is 303 g/mol. The normalized spacial score (nSPS) is 10.1. The minimum atomic E-state index is -0.397. The highest BCUT2D eigenvalue weighted by atomic mass is 16.6. The van der Waals surface area contributed by atoms with Crippen molar-refractivity contribution in [3.8, 4) is 5.75 Å². The quantitative estimate of drug-likeness (QED) is 0.686. The van der Waals surface area contributed by atoms with Gasteiger partial charge in [0.25, 0.3) is 0 Å². The Hall–Kier alpha value is -3.07. The molecule has 0 saturated carbocycles. The van der Waals surface area contributed by atoms with Crippen LogP contribution in [0, 0.1) is 0 Å². The van der Waals surface area contributed by atoms with E-state index in [9.17, 15) is 4.79 Å². The zero-order chi connectivity index (χ0) is 15.9. The molecule has 0 radical (unpaired) electrons. The van der Waals surface area contributed by atoms with E-state index in [1.54, 1.807) is 17.0 Å². The molecule has 0 heterocycles. The van der Waals surface area contributed by atoms with E-state index in [1.807, 2.05) is 78.9 Å². The summed E-state index contributed by atoms with van der Waals surface area (Å²) in [5.74, 6) is 0.534. The SMILES string of the molecule is O=C(Oc1ccccc1)N(Cc1ccccc1)c1ccccc1. The topological polar surface area (TPSA) is 29.5 Å². The van der Waals surface area contributed by atoms with Crippen LogP contribution in [0.15, 0.2) is 91.0 Å². The highest BCUT2D eigenvalue weighted by Gasteiger charge is 2.18. The molecule has 3 nitrogen and oxygen atoms in total. The lowest BCUT2D eigenvalue weighted by Gasteiger charge is -2.22. The summed E-state index contributed by atoms with van der Waals surface area (Å²) in [6, 6.07) is 28.5. The van der Waals surface area contributed by atoms with E-state index in [0.29, 0.717) is 12.3 Å². The number of hydrogen-bond donors (Lipinski definition) is 0. The Balaban J connectivity index is 1.84. The number of ether oxygens (including phenoxy) is 1. The van der Waals surface area contributed by atoms with Crippen molar-refractivity contribution in [1.29, 1.82) is 0 Å². The first-order chi connectivity index (χ1) is 11.3. The molecule has 0 bridgehead atoms. The van der Waals surface area contributed by atoms with Crippen molar-refractivity contribution < 1.29 is 9.53 Å². The summed E-state index contributed by atoms with van der Waals surface area (Å²) >= 11 is 0. The van der Waals surface area contributed by atoms with Crippen molar-refractivity contribution in [3.05, 3.63) is 96.6 Å². The van der Waals surface area contributed by atoms with E-state index >= 15 is 0 Å². The van der Waals surface area contributed by atoms with Crippen LogP contribution in [0.25, 0.3) is 0 Å². The van der Waals surface area contributed by atoms with Crippen LogP contribution in [0.3, 0.4) is 0 Å². The molecule has 1 amide bonds. The van der Waals surface area contributed by atoms with Gasteiger partial charge in [0.05, 0.1) is 6.54 Å². The molecule has 0 aliphatic rings. The molecule has 0 spiro atoms. The van der Waals surface area contributed by atoms with Crippen LogP contribution < -0.4 is 9.64 Å². The first kappa shape index (κ1) is 14.9. The van der Waals surface area contributed by atoms with Crippen LogP contribution in [-0.4, -0.2) is 6.09 Å². The summed E-state index contributed by atoms with van der Waals surface area (Å²) in [5.41, 5.74) is 1.85. The predicted octanol–water partition coefficient (Wildman–Crippen LogP) is 4.89. The second-order valence-corrected chi connectivity index (χ2v) is 5.09. The van der Waals surface area contributed by atoms with Crippen LogP contribution in [0.1, 0.15) is 5.56 Å².